The average Bonchev–Trinajstić information content (AvgIpc) is 2.45. The van der Waals surface area contributed by atoms with Crippen molar-refractivity contribution < 1.29 is 0 Å². The summed E-state index contributed by atoms with van der Waals surface area (Å²) < 4.78 is 1.82. The van der Waals surface area contributed by atoms with E-state index in [0.29, 0.717) is 0 Å². The van der Waals surface area contributed by atoms with Crippen LogP contribution in [0.2, 0.25) is 0 Å². The van der Waals surface area contributed by atoms with Gasteiger partial charge in [0.15, 0.2) is 0 Å². The Morgan fingerprint density at radius 2 is 2.14 bits per heavy atom. The molecule has 2 heterocycles. The molecular weight excluding hydrogens is 178 g/mol. The van der Waals surface area contributed by atoms with Crippen LogP contribution in [0, 0.1) is 0 Å². The molecule has 0 saturated heterocycles. The van der Waals surface area contributed by atoms with Crippen LogP contribution in [0.1, 0.15) is 26.5 Å². The molecule has 0 atom stereocenters. The number of aromatic nitrogens is 3. The lowest BCUT2D eigenvalue weighted by Crippen LogP contribution is -2.11. The number of nitrogens with one attached hydrogen (secondary N) is 1. The Hall–Kier alpha value is -1.58. The maximum Gasteiger partial charge on any atom is 0.274 e. The molecule has 4 heteroatoms. The predicted molar refractivity (Wildman–Crippen MR) is 54.5 cm³/mol. The van der Waals surface area contributed by atoms with Crippen molar-refractivity contribution in [2.24, 2.45) is 0 Å². The third-order valence-electron chi connectivity index (χ3n) is 2.19. The summed E-state index contributed by atoms with van der Waals surface area (Å²) in [5.74, 6) is 0. The van der Waals surface area contributed by atoms with Crippen LogP contribution < -0.4 is 5.56 Å². The maximum atomic E-state index is 11.0. The predicted octanol–water partition coefficient (Wildman–Crippen LogP) is 1.32. The molecule has 14 heavy (non-hydrogen) atoms. The standard InChI is InChI=1S/C10H13N3O/c1-10(2,3)7-5-13-6-11-9(14)4-8(13)12-7/h4-6,12H,1-3H3. The van der Waals surface area contributed by atoms with Crippen LogP contribution in [0.5, 0.6) is 0 Å². The number of hydrogen-bond acceptors (Lipinski definition) is 2. The van der Waals surface area contributed by atoms with Gasteiger partial charge in [-0.25, -0.2) is 0 Å². The summed E-state index contributed by atoms with van der Waals surface area (Å²) in [4.78, 5) is 17.9. The third kappa shape index (κ3) is 1.43. The zero-order valence-corrected chi connectivity index (χ0v) is 8.53. The number of fused-ring (bicyclic) bond motifs is 1. The maximum absolute atomic E-state index is 11.0. The quantitative estimate of drug-likeness (QED) is 0.682. The van der Waals surface area contributed by atoms with Crippen molar-refractivity contribution in [2.45, 2.75) is 26.2 Å². The molecular formula is C10H13N3O. The van der Waals surface area contributed by atoms with Crippen molar-refractivity contribution in [1.29, 1.82) is 0 Å². The number of imidazole rings is 1. The Bertz CT molecular complexity index is 516. The molecule has 0 bridgehead atoms. The number of rotatable bonds is 0. The average molecular weight is 191 g/mol. The van der Waals surface area contributed by atoms with Gasteiger partial charge in [0, 0.05) is 23.4 Å². The van der Waals surface area contributed by atoms with Crippen LogP contribution >= 0.6 is 0 Å². The van der Waals surface area contributed by atoms with E-state index in [1.54, 1.807) is 0 Å². The van der Waals surface area contributed by atoms with Gasteiger partial charge in [-0.15, -0.1) is 0 Å². The topological polar surface area (TPSA) is 50.2 Å². The number of H-pyrrole nitrogens is 1. The highest BCUT2D eigenvalue weighted by Gasteiger charge is 2.16. The molecule has 0 spiro atoms. The number of hydrogen-bond donors (Lipinski definition) is 1. The van der Waals surface area contributed by atoms with Gasteiger partial charge in [-0.2, -0.15) is 4.98 Å². The first-order valence-corrected chi connectivity index (χ1v) is 4.54. The van der Waals surface area contributed by atoms with Gasteiger partial charge in [0.25, 0.3) is 5.56 Å². The summed E-state index contributed by atoms with van der Waals surface area (Å²) in [6.07, 6.45) is 3.49. The number of nitrogens with zero attached hydrogens (tertiary/aromatic N) is 2. The minimum Gasteiger partial charge on any atom is -0.343 e. The lowest BCUT2D eigenvalue weighted by molar-refractivity contribution is 0.573. The van der Waals surface area contributed by atoms with E-state index in [-0.39, 0.29) is 11.0 Å². The Morgan fingerprint density at radius 1 is 1.43 bits per heavy atom. The molecule has 2 aromatic rings. The minimum absolute atomic E-state index is 0.0507. The SMILES string of the molecule is CC(C)(C)c1cn2cnc(=O)cc2[nH]1. The molecule has 0 aromatic carbocycles. The molecule has 0 unspecified atom stereocenters. The van der Waals surface area contributed by atoms with Gasteiger partial charge >= 0.3 is 0 Å². The van der Waals surface area contributed by atoms with Gasteiger partial charge in [0.05, 0.1) is 0 Å². The Balaban J connectivity index is 2.69. The smallest absolute Gasteiger partial charge is 0.274 e. The van der Waals surface area contributed by atoms with Gasteiger partial charge in [-0.3, -0.25) is 9.20 Å². The van der Waals surface area contributed by atoms with Crippen molar-refractivity contribution in [1.82, 2.24) is 14.4 Å². The second-order valence-electron chi connectivity index (χ2n) is 4.44. The fourth-order valence-electron chi connectivity index (χ4n) is 1.30. The zero-order chi connectivity index (χ0) is 10.3. The molecule has 4 nitrogen and oxygen atoms in total. The molecule has 2 rings (SSSR count). The second kappa shape index (κ2) is 2.70. The van der Waals surface area contributed by atoms with Gasteiger partial charge in [0.2, 0.25) is 0 Å². The molecule has 0 aliphatic heterocycles. The Labute approximate surface area is 81.6 Å². The molecule has 74 valence electrons. The van der Waals surface area contributed by atoms with E-state index in [0.717, 1.165) is 11.3 Å². The van der Waals surface area contributed by atoms with Crippen molar-refractivity contribution in [3.8, 4) is 0 Å². The van der Waals surface area contributed by atoms with E-state index in [4.69, 9.17) is 0 Å². The van der Waals surface area contributed by atoms with Crippen LogP contribution in [0.15, 0.2) is 23.4 Å². The van der Waals surface area contributed by atoms with Crippen molar-refractivity contribution >= 4 is 5.65 Å². The molecule has 0 aliphatic carbocycles. The van der Waals surface area contributed by atoms with Crippen molar-refractivity contribution in [3.05, 3.63) is 34.6 Å². The summed E-state index contributed by atoms with van der Waals surface area (Å²) in [5.41, 5.74) is 1.71. The van der Waals surface area contributed by atoms with E-state index >= 15 is 0 Å². The van der Waals surface area contributed by atoms with Gasteiger partial charge < -0.3 is 4.98 Å². The van der Waals surface area contributed by atoms with Crippen LogP contribution in [0.4, 0.5) is 0 Å². The van der Waals surface area contributed by atoms with E-state index in [9.17, 15) is 4.79 Å². The van der Waals surface area contributed by atoms with E-state index in [1.165, 1.54) is 12.4 Å². The summed E-state index contributed by atoms with van der Waals surface area (Å²) in [7, 11) is 0. The first-order chi connectivity index (χ1) is 6.47. The largest absolute Gasteiger partial charge is 0.343 e. The molecule has 0 amide bonds. The normalized spacial score (nSPS) is 12.2. The van der Waals surface area contributed by atoms with Crippen molar-refractivity contribution in [2.75, 3.05) is 0 Å². The minimum atomic E-state index is -0.215. The highest BCUT2D eigenvalue weighted by atomic mass is 16.1. The summed E-state index contributed by atoms with van der Waals surface area (Å²) in [6, 6.07) is 1.50. The fourth-order valence-corrected chi connectivity index (χ4v) is 1.30. The second-order valence-corrected chi connectivity index (χ2v) is 4.44. The first-order valence-electron chi connectivity index (χ1n) is 4.54. The van der Waals surface area contributed by atoms with Crippen LogP contribution in [0.25, 0.3) is 5.65 Å². The van der Waals surface area contributed by atoms with Crippen LogP contribution in [0.3, 0.4) is 0 Å². The molecule has 0 aliphatic rings. The van der Waals surface area contributed by atoms with Gasteiger partial charge in [0.1, 0.15) is 12.0 Å². The Morgan fingerprint density at radius 3 is 2.79 bits per heavy atom. The Kier molecular flexibility index (Phi) is 1.74. The molecule has 2 aromatic heterocycles. The molecule has 0 radical (unpaired) electrons. The van der Waals surface area contributed by atoms with E-state index in [2.05, 4.69) is 30.7 Å². The molecule has 1 N–H and O–H groups in total. The summed E-state index contributed by atoms with van der Waals surface area (Å²) >= 11 is 0. The highest BCUT2D eigenvalue weighted by molar-refractivity contribution is 5.39. The van der Waals surface area contributed by atoms with Crippen LogP contribution in [-0.2, 0) is 5.41 Å². The van der Waals surface area contributed by atoms with Crippen LogP contribution in [-0.4, -0.2) is 14.4 Å². The number of aromatic amines is 1. The molecule has 0 saturated carbocycles. The lowest BCUT2D eigenvalue weighted by Gasteiger charge is -2.14. The van der Waals surface area contributed by atoms with Crippen molar-refractivity contribution in [3.63, 3.8) is 0 Å². The first kappa shape index (κ1) is 8.99. The van der Waals surface area contributed by atoms with E-state index in [1.807, 2.05) is 10.6 Å². The van der Waals surface area contributed by atoms with Gasteiger partial charge in [-0.05, 0) is 0 Å². The fraction of sp³-hybridized carbons (Fsp3) is 0.400. The highest BCUT2D eigenvalue weighted by Crippen LogP contribution is 2.20. The monoisotopic (exact) mass is 191 g/mol. The zero-order valence-electron chi connectivity index (χ0n) is 8.53. The molecule has 0 fully saturated rings. The van der Waals surface area contributed by atoms with Gasteiger partial charge in [-0.1, -0.05) is 20.8 Å². The summed E-state index contributed by atoms with van der Waals surface area (Å²) in [5, 5.41) is 0. The lowest BCUT2D eigenvalue weighted by atomic mass is 9.93. The van der Waals surface area contributed by atoms with E-state index < -0.39 is 0 Å². The summed E-state index contributed by atoms with van der Waals surface area (Å²) in [6.45, 7) is 6.34. The third-order valence-corrected chi connectivity index (χ3v) is 2.19.